The van der Waals surface area contributed by atoms with Gasteiger partial charge >= 0.3 is 0 Å². The van der Waals surface area contributed by atoms with Crippen molar-refractivity contribution in [1.29, 1.82) is 0 Å². The molecule has 1 N–H and O–H groups in total. The third-order valence-corrected chi connectivity index (χ3v) is 5.43. The standard InChI is InChI=1S/C14H17NO3S/c1-9-14(2,3)12-11(19(16,17)18)7-6-10-5-4-8-15(9)13(10)12/h6-7H,4-5,8H2,1-3H3/p+1. The molecule has 19 heavy (non-hydrogen) atoms. The van der Waals surface area contributed by atoms with Gasteiger partial charge in [0.1, 0.15) is 11.4 Å². The van der Waals surface area contributed by atoms with Crippen LogP contribution in [-0.4, -0.2) is 29.8 Å². The average Bonchev–Trinajstić information content (AvgIpc) is 2.52. The van der Waals surface area contributed by atoms with E-state index in [2.05, 4.69) is 4.58 Å². The van der Waals surface area contributed by atoms with E-state index in [0.29, 0.717) is 0 Å². The lowest BCUT2D eigenvalue weighted by Crippen LogP contribution is -2.28. The topological polar surface area (TPSA) is 57.4 Å². The minimum atomic E-state index is -4.19. The lowest BCUT2D eigenvalue weighted by Gasteiger charge is -2.18. The fourth-order valence-electron chi connectivity index (χ4n) is 3.34. The maximum Gasteiger partial charge on any atom is 0.295 e. The largest absolute Gasteiger partial charge is 0.295 e. The molecule has 0 bridgehead atoms. The highest BCUT2D eigenvalue weighted by atomic mass is 32.2. The Hall–Kier alpha value is -1.20. The minimum Gasteiger partial charge on any atom is -0.282 e. The SMILES string of the molecule is CC1=[N+]2CCCc3ccc(S(=O)(=O)O)c(c32)C1(C)C. The number of nitrogens with zero attached hydrogens (tertiary/aromatic N) is 1. The van der Waals surface area contributed by atoms with Crippen LogP contribution in [0.4, 0.5) is 5.69 Å². The van der Waals surface area contributed by atoms with Crippen molar-refractivity contribution in [3.05, 3.63) is 23.3 Å². The van der Waals surface area contributed by atoms with E-state index in [4.69, 9.17) is 0 Å². The van der Waals surface area contributed by atoms with Crippen LogP contribution < -0.4 is 0 Å². The molecule has 1 aromatic rings. The van der Waals surface area contributed by atoms with E-state index in [9.17, 15) is 13.0 Å². The maximum absolute atomic E-state index is 11.6. The summed E-state index contributed by atoms with van der Waals surface area (Å²) in [5.41, 5.74) is 3.73. The predicted octanol–water partition coefficient (Wildman–Crippen LogP) is 2.28. The van der Waals surface area contributed by atoms with Gasteiger partial charge in [0.25, 0.3) is 10.1 Å². The van der Waals surface area contributed by atoms with Crippen molar-refractivity contribution in [3.8, 4) is 0 Å². The molecule has 0 amide bonds. The van der Waals surface area contributed by atoms with E-state index in [0.717, 1.165) is 36.3 Å². The summed E-state index contributed by atoms with van der Waals surface area (Å²) in [6.45, 7) is 7.00. The third kappa shape index (κ3) is 1.61. The molecular weight excluding hydrogens is 262 g/mol. The fourth-order valence-corrected chi connectivity index (χ4v) is 4.19. The molecule has 3 rings (SSSR count). The molecule has 102 valence electrons. The van der Waals surface area contributed by atoms with Gasteiger partial charge in [-0.05, 0) is 26.3 Å². The molecule has 2 aliphatic heterocycles. The second-order valence-corrected chi connectivity index (χ2v) is 7.28. The van der Waals surface area contributed by atoms with Crippen LogP contribution in [0, 0.1) is 0 Å². The summed E-state index contributed by atoms with van der Waals surface area (Å²) in [4.78, 5) is 0.0556. The Morgan fingerprint density at radius 2 is 2.00 bits per heavy atom. The summed E-state index contributed by atoms with van der Waals surface area (Å²) in [5, 5.41) is 0. The first-order chi connectivity index (χ1) is 8.74. The first-order valence-corrected chi connectivity index (χ1v) is 7.94. The molecule has 0 saturated heterocycles. The molecule has 5 heteroatoms. The van der Waals surface area contributed by atoms with Crippen molar-refractivity contribution in [1.82, 2.24) is 0 Å². The summed E-state index contributed by atoms with van der Waals surface area (Å²) in [5.74, 6) is 0. The lowest BCUT2D eigenvalue weighted by molar-refractivity contribution is -0.444. The second-order valence-electron chi connectivity index (χ2n) is 5.89. The van der Waals surface area contributed by atoms with Crippen LogP contribution in [0.15, 0.2) is 17.0 Å². The molecule has 0 radical (unpaired) electrons. The zero-order valence-electron chi connectivity index (χ0n) is 11.4. The second kappa shape index (κ2) is 3.67. The zero-order chi connectivity index (χ0) is 14.0. The molecule has 4 nitrogen and oxygen atoms in total. The minimum absolute atomic E-state index is 0.0556. The zero-order valence-corrected chi connectivity index (χ0v) is 12.2. The Morgan fingerprint density at radius 3 is 2.63 bits per heavy atom. The normalized spacial score (nSPS) is 20.6. The van der Waals surface area contributed by atoms with Crippen LogP contribution in [0.5, 0.6) is 0 Å². The summed E-state index contributed by atoms with van der Waals surface area (Å²) in [7, 11) is -4.19. The lowest BCUT2D eigenvalue weighted by atomic mass is 9.81. The van der Waals surface area contributed by atoms with Crippen LogP contribution in [0.3, 0.4) is 0 Å². The van der Waals surface area contributed by atoms with Gasteiger partial charge in [0.05, 0.1) is 11.0 Å². The highest BCUT2D eigenvalue weighted by Gasteiger charge is 2.48. The van der Waals surface area contributed by atoms with Crippen LogP contribution in [0.2, 0.25) is 0 Å². The van der Waals surface area contributed by atoms with E-state index in [-0.39, 0.29) is 10.3 Å². The molecular formula is C14H18NO3S+. The van der Waals surface area contributed by atoms with Gasteiger partial charge in [-0.1, -0.05) is 6.07 Å². The van der Waals surface area contributed by atoms with Crippen LogP contribution in [0.25, 0.3) is 0 Å². The summed E-state index contributed by atoms with van der Waals surface area (Å²) < 4.78 is 35.0. The summed E-state index contributed by atoms with van der Waals surface area (Å²) >= 11 is 0. The molecule has 0 fully saturated rings. The van der Waals surface area contributed by atoms with Crippen LogP contribution in [0.1, 0.15) is 38.3 Å². The van der Waals surface area contributed by atoms with Gasteiger partial charge in [0, 0.05) is 18.9 Å². The van der Waals surface area contributed by atoms with Crippen LogP contribution in [-0.2, 0) is 22.0 Å². The van der Waals surface area contributed by atoms with Gasteiger partial charge in [-0.2, -0.15) is 13.0 Å². The molecule has 0 unspecified atom stereocenters. The number of hydrogen-bond donors (Lipinski definition) is 1. The Morgan fingerprint density at radius 1 is 1.32 bits per heavy atom. The van der Waals surface area contributed by atoms with Crippen molar-refractivity contribution in [2.45, 2.75) is 43.9 Å². The molecule has 1 aromatic carbocycles. The number of hydrogen-bond acceptors (Lipinski definition) is 2. The molecule has 0 aromatic heterocycles. The van der Waals surface area contributed by atoms with Gasteiger partial charge < -0.3 is 0 Å². The van der Waals surface area contributed by atoms with E-state index >= 15 is 0 Å². The molecule has 0 spiro atoms. The summed E-state index contributed by atoms with van der Waals surface area (Å²) in [6, 6.07) is 3.39. The highest BCUT2D eigenvalue weighted by Crippen LogP contribution is 2.46. The van der Waals surface area contributed by atoms with Crippen LogP contribution >= 0.6 is 0 Å². The highest BCUT2D eigenvalue weighted by molar-refractivity contribution is 7.85. The van der Waals surface area contributed by atoms with E-state index in [1.54, 1.807) is 6.07 Å². The van der Waals surface area contributed by atoms with Gasteiger partial charge in [-0.25, -0.2) is 0 Å². The first kappa shape index (κ1) is 12.8. The van der Waals surface area contributed by atoms with E-state index in [1.807, 2.05) is 26.8 Å². The Labute approximate surface area is 113 Å². The van der Waals surface area contributed by atoms with Crippen molar-refractivity contribution in [2.24, 2.45) is 0 Å². The first-order valence-electron chi connectivity index (χ1n) is 6.50. The van der Waals surface area contributed by atoms with Crippen molar-refractivity contribution in [3.63, 3.8) is 0 Å². The smallest absolute Gasteiger partial charge is 0.282 e. The average molecular weight is 280 g/mol. The van der Waals surface area contributed by atoms with E-state index in [1.165, 1.54) is 5.56 Å². The van der Waals surface area contributed by atoms with Crippen molar-refractivity contribution in [2.75, 3.05) is 6.54 Å². The summed E-state index contributed by atoms with van der Waals surface area (Å²) in [6.07, 6.45) is 2.04. The molecule has 2 aliphatic rings. The Balaban J connectivity index is 2.45. The van der Waals surface area contributed by atoms with Gasteiger partial charge in [0.15, 0.2) is 5.71 Å². The molecule has 2 heterocycles. The van der Waals surface area contributed by atoms with Gasteiger partial charge in [-0.3, -0.25) is 4.55 Å². The fraction of sp³-hybridized carbons (Fsp3) is 0.500. The monoisotopic (exact) mass is 280 g/mol. The van der Waals surface area contributed by atoms with Crippen molar-refractivity contribution < 1.29 is 17.5 Å². The Kier molecular flexibility index (Phi) is 2.48. The van der Waals surface area contributed by atoms with Gasteiger partial charge in [0.2, 0.25) is 5.69 Å². The maximum atomic E-state index is 11.6. The molecule has 0 atom stereocenters. The number of rotatable bonds is 1. The quantitative estimate of drug-likeness (QED) is 0.634. The van der Waals surface area contributed by atoms with Gasteiger partial charge in [-0.15, -0.1) is 0 Å². The number of aryl methyl sites for hydroxylation is 1. The molecule has 0 saturated carbocycles. The predicted molar refractivity (Wildman–Crippen MR) is 73.1 cm³/mol. The third-order valence-electron chi connectivity index (χ3n) is 4.53. The van der Waals surface area contributed by atoms with E-state index < -0.39 is 10.1 Å². The Bertz CT molecular complexity index is 714. The number of benzene rings is 1. The molecule has 0 aliphatic carbocycles. The van der Waals surface area contributed by atoms with Crippen molar-refractivity contribution >= 4 is 21.5 Å².